The van der Waals surface area contributed by atoms with Gasteiger partial charge in [0.05, 0.1) is 4.90 Å². The Kier molecular flexibility index (Phi) is 4.21. The Morgan fingerprint density at radius 1 is 1.18 bits per heavy atom. The Labute approximate surface area is 132 Å². The minimum atomic E-state index is -3.49. The van der Waals surface area contributed by atoms with Crippen molar-refractivity contribution in [1.29, 1.82) is 0 Å². The Morgan fingerprint density at radius 3 is 2.68 bits per heavy atom. The molecule has 4 nitrogen and oxygen atoms in total. The molecule has 1 aliphatic heterocycles. The van der Waals surface area contributed by atoms with Gasteiger partial charge in [-0.05, 0) is 43.8 Å². The van der Waals surface area contributed by atoms with E-state index in [9.17, 15) is 8.42 Å². The van der Waals surface area contributed by atoms with Crippen molar-refractivity contribution in [3.8, 4) is 0 Å². The van der Waals surface area contributed by atoms with Crippen molar-refractivity contribution in [3.05, 3.63) is 42.0 Å². The monoisotopic (exact) mass is 318 g/mol. The minimum absolute atomic E-state index is 0.0354. The molecule has 0 spiro atoms. The van der Waals surface area contributed by atoms with Crippen LogP contribution in [-0.4, -0.2) is 38.4 Å². The van der Waals surface area contributed by atoms with E-state index in [0.29, 0.717) is 18.0 Å². The van der Waals surface area contributed by atoms with Crippen LogP contribution < -0.4 is 5.32 Å². The third-order valence-corrected chi connectivity index (χ3v) is 6.38. The first kappa shape index (κ1) is 15.5. The second kappa shape index (κ2) is 5.99. The van der Waals surface area contributed by atoms with Crippen molar-refractivity contribution in [1.82, 2.24) is 9.62 Å². The summed E-state index contributed by atoms with van der Waals surface area (Å²) < 4.78 is 28.1. The molecule has 22 heavy (non-hydrogen) atoms. The number of nitrogens with zero attached hydrogens (tertiary/aromatic N) is 1. The van der Waals surface area contributed by atoms with E-state index in [0.717, 1.165) is 29.3 Å². The van der Waals surface area contributed by atoms with Crippen LogP contribution in [0.25, 0.3) is 10.8 Å². The van der Waals surface area contributed by atoms with E-state index < -0.39 is 10.0 Å². The van der Waals surface area contributed by atoms with Gasteiger partial charge >= 0.3 is 0 Å². The predicted molar refractivity (Wildman–Crippen MR) is 89.5 cm³/mol. The molecule has 0 amide bonds. The molecule has 1 fully saturated rings. The zero-order chi connectivity index (χ0) is 15.7. The highest BCUT2D eigenvalue weighted by Gasteiger charge is 2.31. The van der Waals surface area contributed by atoms with Gasteiger partial charge in [0.25, 0.3) is 0 Å². The summed E-state index contributed by atoms with van der Waals surface area (Å²) in [5, 5.41) is 5.11. The minimum Gasteiger partial charge on any atom is -0.315 e. The quantitative estimate of drug-likeness (QED) is 0.925. The van der Waals surface area contributed by atoms with E-state index in [1.54, 1.807) is 10.4 Å². The van der Waals surface area contributed by atoms with Gasteiger partial charge in [-0.25, -0.2) is 8.42 Å². The van der Waals surface area contributed by atoms with Crippen LogP contribution in [0.2, 0.25) is 0 Å². The van der Waals surface area contributed by atoms with E-state index in [2.05, 4.69) is 5.32 Å². The molecular weight excluding hydrogens is 296 g/mol. The Hall–Kier alpha value is -1.43. The zero-order valence-electron chi connectivity index (χ0n) is 13.0. The van der Waals surface area contributed by atoms with Gasteiger partial charge in [0, 0.05) is 24.5 Å². The maximum Gasteiger partial charge on any atom is 0.243 e. The number of rotatable bonds is 2. The van der Waals surface area contributed by atoms with Crippen LogP contribution in [0.3, 0.4) is 0 Å². The average Bonchev–Trinajstić information content (AvgIpc) is 2.72. The van der Waals surface area contributed by atoms with Crippen LogP contribution in [0.15, 0.2) is 41.3 Å². The van der Waals surface area contributed by atoms with Crippen LogP contribution >= 0.6 is 0 Å². The van der Waals surface area contributed by atoms with Gasteiger partial charge in [-0.2, -0.15) is 4.31 Å². The molecule has 118 valence electrons. The average molecular weight is 318 g/mol. The summed E-state index contributed by atoms with van der Waals surface area (Å²) in [6.45, 7) is 6.06. The van der Waals surface area contributed by atoms with Gasteiger partial charge in [0.15, 0.2) is 0 Å². The number of hydrogen-bond donors (Lipinski definition) is 1. The maximum atomic E-state index is 13.2. The number of fused-ring (bicyclic) bond motifs is 1. The molecule has 0 unspecified atom stereocenters. The number of aryl methyl sites for hydroxylation is 1. The highest BCUT2D eigenvalue weighted by Crippen LogP contribution is 2.29. The fraction of sp³-hybridized carbons (Fsp3) is 0.412. The second-order valence-electron chi connectivity index (χ2n) is 5.95. The zero-order valence-corrected chi connectivity index (χ0v) is 13.9. The van der Waals surface area contributed by atoms with Gasteiger partial charge < -0.3 is 5.32 Å². The molecule has 0 saturated carbocycles. The van der Waals surface area contributed by atoms with Crippen LogP contribution in [0.5, 0.6) is 0 Å². The summed E-state index contributed by atoms with van der Waals surface area (Å²) in [6.07, 6.45) is 0.841. The molecule has 3 rings (SSSR count). The summed E-state index contributed by atoms with van der Waals surface area (Å²) in [5.41, 5.74) is 0.997. The lowest BCUT2D eigenvalue weighted by Crippen LogP contribution is -2.41. The topological polar surface area (TPSA) is 49.4 Å². The first-order valence-electron chi connectivity index (χ1n) is 7.73. The summed E-state index contributed by atoms with van der Waals surface area (Å²) in [6, 6.07) is 11.4. The molecule has 2 aromatic rings. The standard InChI is InChI=1S/C17H22N2O2S/c1-13-6-3-7-15-8-4-9-16(17(13)15)22(20,21)19-11-5-10-18-12-14(19)2/h3-4,6-9,14,18H,5,10-12H2,1-2H3/t14-/m0/s1. The number of benzene rings is 2. The van der Waals surface area contributed by atoms with Gasteiger partial charge in [0.2, 0.25) is 10.0 Å². The van der Waals surface area contributed by atoms with E-state index in [1.807, 2.05) is 44.2 Å². The molecule has 2 aromatic carbocycles. The molecule has 1 aliphatic rings. The van der Waals surface area contributed by atoms with E-state index in [-0.39, 0.29) is 6.04 Å². The molecule has 1 N–H and O–H groups in total. The highest BCUT2D eigenvalue weighted by molar-refractivity contribution is 7.89. The molecule has 0 aromatic heterocycles. The Bertz CT molecular complexity index is 781. The molecule has 0 bridgehead atoms. The van der Waals surface area contributed by atoms with E-state index in [1.165, 1.54) is 0 Å². The van der Waals surface area contributed by atoms with E-state index >= 15 is 0 Å². The lowest BCUT2D eigenvalue weighted by Gasteiger charge is -2.26. The normalized spacial score (nSPS) is 20.9. The predicted octanol–water partition coefficient (Wildman–Crippen LogP) is 2.52. The Balaban J connectivity index is 2.17. The fourth-order valence-electron chi connectivity index (χ4n) is 3.18. The van der Waals surface area contributed by atoms with Crippen LogP contribution in [0.1, 0.15) is 18.9 Å². The van der Waals surface area contributed by atoms with Crippen molar-refractivity contribution >= 4 is 20.8 Å². The van der Waals surface area contributed by atoms with Crippen molar-refractivity contribution in [3.63, 3.8) is 0 Å². The third kappa shape index (κ3) is 2.64. The Morgan fingerprint density at radius 2 is 1.91 bits per heavy atom. The number of hydrogen-bond acceptors (Lipinski definition) is 3. The van der Waals surface area contributed by atoms with Crippen LogP contribution in [0.4, 0.5) is 0 Å². The summed E-state index contributed by atoms with van der Waals surface area (Å²) in [4.78, 5) is 0.428. The van der Waals surface area contributed by atoms with E-state index in [4.69, 9.17) is 0 Å². The largest absolute Gasteiger partial charge is 0.315 e. The van der Waals surface area contributed by atoms with Gasteiger partial charge in [0.1, 0.15) is 0 Å². The summed E-state index contributed by atoms with van der Waals surface area (Å²) in [7, 11) is -3.49. The van der Waals surface area contributed by atoms with Crippen LogP contribution in [-0.2, 0) is 10.0 Å². The first-order valence-corrected chi connectivity index (χ1v) is 9.17. The number of sulfonamides is 1. The smallest absolute Gasteiger partial charge is 0.243 e. The van der Waals surface area contributed by atoms with Crippen molar-refractivity contribution in [2.75, 3.05) is 19.6 Å². The molecule has 0 radical (unpaired) electrons. The second-order valence-corrected chi connectivity index (χ2v) is 7.81. The third-order valence-electron chi connectivity index (χ3n) is 4.32. The lowest BCUT2D eigenvalue weighted by molar-refractivity contribution is 0.354. The molecule has 5 heteroatoms. The first-order chi connectivity index (χ1) is 10.5. The van der Waals surface area contributed by atoms with Crippen molar-refractivity contribution in [2.24, 2.45) is 0 Å². The number of nitrogens with one attached hydrogen (secondary N) is 1. The lowest BCUT2D eigenvalue weighted by atomic mass is 10.1. The van der Waals surface area contributed by atoms with Crippen LogP contribution in [0, 0.1) is 6.92 Å². The van der Waals surface area contributed by atoms with Gasteiger partial charge in [-0.1, -0.05) is 30.3 Å². The molecule has 0 aliphatic carbocycles. The SMILES string of the molecule is Cc1cccc2cccc(S(=O)(=O)N3CCCNC[C@@H]3C)c12. The highest BCUT2D eigenvalue weighted by atomic mass is 32.2. The van der Waals surface area contributed by atoms with Gasteiger partial charge in [-0.3, -0.25) is 0 Å². The molecular formula is C17H22N2O2S. The molecule has 1 saturated heterocycles. The summed E-state index contributed by atoms with van der Waals surface area (Å²) >= 11 is 0. The summed E-state index contributed by atoms with van der Waals surface area (Å²) in [5.74, 6) is 0. The fourth-order valence-corrected chi connectivity index (χ4v) is 5.14. The van der Waals surface area contributed by atoms with Crippen molar-refractivity contribution in [2.45, 2.75) is 31.2 Å². The molecule has 1 atom stereocenters. The maximum absolute atomic E-state index is 13.2. The van der Waals surface area contributed by atoms with Gasteiger partial charge in [-0.15, -0.1) is 0 Å². The van der Waals surface area contributed by atoms with Crippen molar-refractivity contribution < 1.29 is 8.42 Å². The molecule has 1 heterocycles.